The van der Waals surface area contributed by atoms with Gasteiger partial charge in [0.15, 0.2) is 0 Å². The zero-order valence-corrected chi connectivity index (χ0v) is 11.7. The molecule has 0 spiro atoms. The highest BCUT2D eigenvalue weighted by Crippen LogP contribution is 2.15. The molecule has 1 aromatic rings. The first kappa shape index (κ1) is 14.2. The van der Waals surface area contributed by atoms with E-state index >= 15 is 0 Å². The van der Waals surface area contributed by atoms with Crippen LogP contribution in [0.5, 0.6) is 0 Å². The lowest BCUT2D eigenvalue weighted by Crippen LogP contribution is -2.32. The van der Waals surface area contributed by atoms with E-state index < -0.39 is 0 Å². The van der Waals surface area contributed by atoms with Gasteiger partial charge in [-0.05, 0) is 7.05 Å². The smallest absolute Gasteiger partial charge is 0.139 e. The minimum atomic E-state index is 0.407. The van der Waals surface area contributed by atoms with Crippen LogP contribution < -0.4 is 5.32 Å². The fraction of sp³-hybridized carbons (Fsp3) is 0.769. The molecule has 0 unspecified atom stereocenters. The molecule has 1 N–H and O–H groups in total. The van der Waals surface area contributed by atoms with Crippen LogP contribution in [0.3, 0.4) is 0 Å². The molecule has 1 rings (SSSR count). The molecular weight excluding hydrogens is 214 g/mol. The third-order valence-electron chi connectivity index (χ3n) is 2.62. The maximum atomic E-state index is 5.28. The number of nitrogens with zero attached hydrogens (tertiary/aromatic N) is 2. The number of hydrogen-bond acceptors (Lipinski definition) is 4. The van der Waals surface area contributed by atoms with Gasteiger partial charge in [0.2, 0.25) is 0 Å². The molecular formula is C13H25N3O. The Hall–Kier alpha value is -0.870. The first-order valence-electron chi connectivity index (χ1n) is 6.36. The van der Waals surface area contributed by atoms with Crippen LogP contribution in [0.2, 0.25) is 0 Å². The molecule has 0 aliphatic carbocycles. The fourth-order valence-corrected chi connectivity index (χ4v) is 1.57. The normalized spacial score (nSPS) is 12.0. The number of likely N-dealkylation sites (N-methyl/N-ethyl adjacent to an activating group) is 1. The second-order valence-electron chi connectivity index (χ2n) is 5.22. The van der Waals surface area contributed by atoms with Crippen molar-refractivity contribution >= 4 is 0 Å². The van der Waals surface area contributed by atoms with Gasteiger partial charge in [-0.15, -0.1) is 0 Å². The van der Waals surface area contributed by atoms with Crippen molar-refractivity contribution in [2.45, 2.75) is 46.2 Å². The van der Waals surface area contributed by atoms with Gasteiger partial charge < -0.3 is 9.84 Å². The van der Waals surface area contributed by atoms with Gasteiger partial charge in [0, 0.05) is 37.7 Å². The average Bonchev–Trinajstić information content (AvgIpc) is 2.65. The topological polar surface area (TPSA) is 41.3 Å². The Morgan fingerprint density at radius 1 is 1.35 bits per heavy atom. The van der Waals surface area contributed by atoms with Crippen molar-refractivity contribution in [3.05, 3.63) is 17.5 Å². The summed E-state index contributed by atoms with van der Waals surface area (Å²) in [4.78, 5) is 2.25. The monoisotopic (exact) mass is 239 g/mol. The Bertz CT molecular complexity index is 320. The van der Waals surface area contributed by atoms with Crippen LogP contribution in [-0.2, 0) is 6.54 Å². The molecule has 17 heavy (non-hydrogen) atoms. The standard InChI is InChI=1S/C13H25N3O/c1-10(2)13-8-12(15-17-13)9-16(5)7-6-14-11(3)4/h8,10-11,14H,6-7,9H2,1-5H3. The molecule has 0 amide bonds. The summed E-state index contributed by atoms with van der Waals surface area (Å²) >= 11 is 0. The van der Waals surface area contributed by atoms with Gasteiger partial charge >= 0.3 is 0 Å². The molecule has 4 heteroatoms. The lowest BCUT2D eigenvalue weighted by atomic mass is 10.1. The zero-order chi connectivity index (χ0) is 12.8. The molecule has 0 radical (unpaired) electrons. The molecule has 0 aliphatic heterocycles. The van der Waals surface area contributed by atoms with Crippen LogP contribution in [-0.4, -0.2) is 36.2 Å². The van der Waals surface area contributed by atoms with E-state index in [1.54, 1.807) is 0 Å². The lowest BCUT2D eigenvalue weighted by molar-refractivity contribution is 0.301. The van der Waals surface area contributed by atoms with Crippen LogP contribution in [0.25, 0.3) is 0 Å². The van der Waals surface area contributed by atoms with E-state index in [0.717, 1.165) is 31.1 Å². The van der Waals surface area contributed by atoms with E-state index in [-0.39, 0.29) is 0 Å². The van der Waals surface area contributed by atoms with Crippen molar-refractivity contribution in [3.63, 3.8) is 0 Å². The summed E-state index contributed by atoms with van der Waals surface area (Å²) in [7, 11) is 2.10. The molecule has 0 atom stereocenters. The molecule has 4 nitrogen and oxygen atoms in total. The Morgan fingerprint density at radius 2 is 2.06 bits per heavy atom. The van der Waals surface area contributed by atoms with E-state index in [1.165, 1.54) is 0 Å². The molecule has 0 fully saturated rings. The Kier molecular flexibility index (Phi) is 5.65. The van der Waals surface area contributed by atoms with Gasteiger partial charge in [0.1, 0.15) is 5.76 Å². The van der Waals surface area contributed by atoms with Gasteiger partial charge in [0.25, 0.3) is 0 Å². The highest BCUT2D eigenvalue weighted by atomic mass is 16.5. The molecule has 0 aliphatic rings. The summed E-state index contributed by atoms with van der Waals surface area (Å²) in [6, 6.07) is 2.60. The summed E-state index contributed by atoms with van der Waals surface area (Å²) < 4.78 is 5.28. The van der Waals surface area contributed by atoms with E-state index in [1.807, 2.05) is 0 Å². The van der Waals surface area contributed by atoms with Crippen LogP contribution in [0.1, 0.15) is 45.1 Å². The predicted molar refractivity (Wildman–Crippen MR) is 70.1 cm³/mol. The third kappa shape index (κ3) is 5.33. The SMILES string of the molecule is CC(C)NCCN(C)Cc1cc(C(C)C)on1. The van der Waals surface area contributed by atoms with E-state index in [4.69, 9.17) is 4.52 Å². The highest BCUT2D eigenvalue weighted by molar-refractivity contribution is 5.08. The van der Waals surface area contributed by atoms with Gasteiger partial charge in [-0.1, -0.05) is 32.9 Å². The van der Waals surface area contributed by atoms with Gasteiger partial charge in [-0.2, -0.15) is 0 Å². The third-order valence-corrected chi connectivity index (χ3v) is 2.62. The maximum absolute atomic E-state index is 5.28. The van der Waals surface area contributed by atoms with Crippen LogP contribution in [0.15, 0.2) is 10.6 Å². The number of aromatic nitrogens is 1. The molecule has 1 aromatic heterocycles. The van der Waals surface area contributed by atoms with Crippen molar-refractivity contribution in [3.8, 4) is 0 Å². The number of hydrogen-bond donors (Lipinski definition) is 1. The largest absolute Gasteiger partial charge is 0.361 e. The van der Waals surface area contributed by atoms with E-state index in [0.29, 0.717) is 12.0 Å². The summed E-state index contributed by atoms with van der Waals surface area (Å²) in [5.41, 5.74) is 1.01. The van der Waals surface area contributed by atoms with Crippen molar-refractivity contribution < 1.29 is 4.52 Å². The Morgan fingerprint density at radius 3 is 2.59 bits per heavy atom. The van der Waals surface area contributed by atoms with Gasteiger partial charge in [-0.25, -0.2) is 0 Å². The van der Waals surface area contributed by atoms with Crippen LogP contribution >= 0.6 is 0 Å². The Balaban J connectivity index is 2.32. The van der Waals surface area contributed by atoms with Crippen molar-refractivity contribution in [1.82, 2.24) is 15.4 Å². The first-order valence-corrected chi connectivity index (χ1v) is 6.36. The molecule has 98 valence electrons. The number of rotatable bonds is 7. The van der Waals surface area contributed by atoms with Crippen molar-refractivity contribution in [2.24, 2.45) is 0 Å². The lowest BCUT2D eigenvalue weighted by Gasteiger charge is -2.16. The second kappa shape index (κ2) is 6.77. The first-order chi connectivity index (χ1) is 7.99. The molecule has 0 bridgehead atoms. The quantitative estimate of drug-likeness (QED) is 0.792. The van der Waals surface area contributed by atoms with Crippen LogP contribution in [0.4, 0.5) is 0 Å². The fourth-order valence-electron chi connectivity index (χ4n) is 1.57. The van der Waals surface area contributed by atoms with Crippen LogP contribution in [0, 0.1) is 0 Å². The predicted octanol–water partition coefficient (Wildman–Crippen LogP) is 2.23. The van der Waals surface area contributed by atoms with E-state index in [2.05, 4.69) is 56.2 Å². The molecule has 0 aromatic carbocycles. The van der Waals surface area contributed by atoms with E-state index in [9.17, 15) is 0 Å². The molecule has 0 saturated heterocycles. The summed E-state index contributed by atoms with van der Waals surface area (Å²) in [6.45, 7) is 11.4. The molecule has 1 heterocycles. The maximum Gasteiger partial charge on any atom is 0.139 e. The Labute approximate surface area is 104 Å². The van der Waals surface area contributed by atoms with Gasteiger partial charge in [0.05, 0.1) is 5.69 Å². The van der Waals surface area contributed by atoms with Gasteiger partial charge in [-0.3, -0.25) is 4.90 Å². The van der Waals surface area contributed by atoms with Crippen molar-refractivity contribution in [2.75, 3.05) is 20.1 Å². The minimum Gasteiger partial charge on any atom is -0.361 e. The molecule has 0 saturated carbocycles. The number of nitrogens with one attached hydrogen (secondary N) is 1. The summed E-state index contributed by atoms with van der Waals surface area (Å²) in [5.74, 6) is 1.37. The highest BCUT2D eigenvalue weighted by Gasteiger charge is 2.09. The average molecular weight is 239 g/mol. The second-order valence-corrected chi connectivity index (χ2v) is 5.22. The van der Waals surface area contributed by atoms with Crippen molar-refractivity contribution in [1.29, 1.82) is 0 Å². The zero-order valence-electron chi connectivity index (χ0n) is 11.7. The minimum absolute atomic E-state index is 0.407. The summed E-state index contributed by atoms with van der Waals surface area (Å²) in [5, 5.41) is 7.48. The summed E-state index contributed by atoms with van der Waals surface area (Å²) in [6.07, 6.45) is 0.